The van der Waals surface area contributed by atoms with E-state index in [1.54, 1.807) is 0 Å². The molecule has 0 aliphatic heterocycles. The fourth-order valence-corrected chi connectivity index (χ4v) is 3.40. The number of allylic oxidation sites excluding steroid dienone is 7. The number of carbonyl (C=O) groups excluding carboxylic acids is 1. The van der Waals surface area contributed by atoms with Crippen LogP contribution in [0.4, 0.5) is 0 Å². The van der Waals surface area contributed by atoms with Gasteiger partial charge < -0.3 is 4.74 Å². The van der Waals surface area contributed by atoms with Crippen molar-refractivity contribution in [3.8, 4) is 0 Å². The molecule has 94 valence electrons. The Morgan fingerprint density at radius 2 is 2.22 bits per heavy atom. The summed E-state index contributed by atoms with van der Waals surface area (Å²) in [5.74, 6) is 1.16. The van der Waals surface area contributed by atoms with Gasteiger partial charge in [-0.25, -0.2) is 0 Å². The largest absolute Gasteiger partial charge is 0.465 e. The predicted octanol–water partition coefficient (Wildman–Crippen LogP) is 3.18. The number of fused-ring (bicyclic) bond motifs is 2. The van der Waals surface area contributed by atoms with E-state index >= 15 is 0 Å². The Bertz CT molecular complexity index is 479. The van der Waals surface area contributed by atoms with Gasteiger partial charge in [0.1, 0.15) is 0 Å². The molecule has 18 heavy (non-hydrogen) atoms. The van der Waals surface area contributed by atoms with Gasteiger partial charge in [0.05, 0.1) is 6.61 Å². The Kier molecular flexibility index (Phi) is 2.94. The minimum atomic E-state index is -0.178. The third-order valence-corrected chi connectivity index (χ3v) is 4.16. The van der Waals surface area contributed by atoms with Crippen LogP contribution in [-0.4, -0.2) is 12.6 Å². The molecule has 0 bridgehead atoms. The van der Waals surface area contributed by atoms with Crippen LogP contribution in [0.15, 0.2) is 47.6 Å². The van der Waals surface area contributed by atoms with E-state index in [1.807, 2.05) is 0 Å². The summed E-state index contributed by atoms with van der Waals surface area (Å²) in [5, 5.41) is 0. The molecule has 0 amide bonds. The summed E-state index contributed by atoms with van der Waals surface area (Å²) in [6, 6.07) is 0. The van der Waals surface area contributed by atoms with E-state index in [-0.39, 0.29) is 5.97 Å². The summed E-state index contributed by atoms with van der Waals surface area (Å²) >= 11 is 0. The monoisotopic (exact) mass is 242 g/mol. The molecular weight excluding hydrogens is 224 g/mol. The maximum absolute atomic E-state index is 11.0. The Morgan fingerprint density at radius 1 is 1.39 bits per heavy atom. The topological polar surface area (TPSA) is 26.3 Å². The number of hydrogen-bond acceptors (Lipinski definition) is 2. The van der Waals surface area contributed by atoms with Crippen molar-refractivity contribution < 1.29 is 9.53 Å². The Morgan fingerprint density at radius 3 is 3.06 bits per heavy atom. The number of rotatable bonds is 2. The molecule has 2 unspecified atom stereocenters. The fraction of sp³-hybridized carbons (Fsp3) is 0.438. The molecule has 0 aromatic carbocycles. The Hall–Kier alpha value is -1.57. The van der Waals surface area contributed by atoms with E-state index in [9.17, 15) is 4.79 Å². The van der Waals surface area contributed by atoms with Crippen LogP contribution >= 0.6 is 0 Å². The van der Waals surface area contributed by atoms with Crippen molar-refractivity contribution in [2.75, 3.05) is 6.61 Å². The highest BCUT2D eigenvalue weighted by Crippen LogP contribution is 2.48. The molecule has 0 saturated carbocycles. The first-order valence-electron chi connectivity index (χ1n) is 6.65. The molecule has 0 heterocycles. The van der Waals surface area contributed by atoms with E-state index in [1.165, 1.54) is 18.1 Å². The average molecular weight is 242 g/mol. The van der Waals surface area contributed by atoms with E-state index in [2.05, 4.69) is 36.5 Å². The summed E-state index contributed by atoms with van der Waals surface area (Å²) in [6.45, 7) is 2.01. The molecule has 3 aliphatic carbocycles. The van der Waals surface area contributed by atoms with Gasteiger partial charge in [0, 0.05) is 18.8 Å². The summed E-state index contributed by atoms with van der Waals surface area (Å²) in [7, 11) is 0. The normalized spacial score (nSPS) is 32.4. The lowest BCUT2D eigenvalue weighted by molar-refractivity contribution is -0.142. The second-order valence-corrected chi connectivity index (χ2v) is 5.20. The average Bonchev–Trinajstić information content (AvgIpc) is 2.71. The van der Waals surface area contributed by atoms with Gasteiger partial charge >= 0.3 is 5.97 Å². The van der Waals surface area contributed by atoms with Crippen LogP contribution in [-0.2, 0) is 9.53 Å². The van der Waals surface area contributed by atoms with E-state index < -0.39 is 0 Å². The lowest BCUT2D eigenvalue weighted by Crippen LogP contribution is -2.22. The molecule has 0 spiro atoms. The van der Waals surface area contributed by atoms with Gasteiger partial charge in [0.15, 0.2) is 0 Å². The molecule has 0 aromatic rings. The number of carbonyl (C=O) groups is 1. The number of esters is 1. The van der Waals surface area contributed by atoms with Crippen LogP contribution in [0.3, 0.4) is 0 Å². The SMILES string of the molecule is CC(=O)OCC1C2=C(C=CCC2)C2C=CC=C[C@@H]21. The van der Waals surface area contributed by atoms with Crippen LogP contribution in [0.2, 0.25) is 0 Å². The zero-order valence-electron chi connectivity index (χ0n) is 10.6. The van der Waals surface area contributed by atoms with Crippen LogP contribution in [0, 0.1) is 17.8 Å². The lowest BCUT2D eigenvalue weighted by Gasteiger charge is -2.24. The maximum atomic E-state index is 11.0. The van der Waals surface area contributed by atoms with Gasteiger partial charge in [0.25, 0.3) is 0 Å². The first-order chi connectivity index (χ1) is 8.77. The second-order valence-electron chi connectivity index (χ2n) is 5.20. The van der Waals surface area contributed by atoms with Crippen molar-refractivity contribution >= 4 is 5.97 Å². The molecule has 3 atom stereocenters. The summed E-state index contributed by atoms with van der Waals surface area (Å²) in [5.41, 5.74) is 2.97. The summed E-state index contributed by atoms with van der Waals surface area (Å²) < 4.78 is 5.27. The van der Waals surface area contributed by atoms with Crippen molar-refractivity contribution in [3.05, 3.63) is 47.6 Å². The molecule has 3 rings (SSSR count). The molecular formula is C16H18O2. The van der Waals surface area contributed by atoms with Gasteiger partial charge in [-0.3, -0.25) is 4.79 Å². The zero-order chi connectivity index (χ0) is 12.5. The Balaban J connectivity index is 1.89. The highest BCUT2D eigenvalue weighted by Gasteiger charge is 2.40. The van der Waals surface area contributed by atoms with Crippen LogP contribution < -0.4 is 0 Å². The van der Waals surface area contributed by atoms with Crippen LogP contribution in [0.25, 0.3) is 0 Å². The molecule has 0 aromatic heterocycles. The first-order valence-corrected chi connectivity index (χ1v) is 6.65. The van der Waals surface area contributed by atoms with E-state index in [0.717, 1.165) is 12.8 Å². The highest BCUT2D eigenvalue weighted by atomic mass is 16.5. The minimum absolute atomic E-state index is 0.178. The van der Waals surface area contributed by atoms with E-state index in [0.29, 0.717) is 24.4 Å². The molecule has 0 N–H and O–H groups in total. The van der Waals surface area contributed by atoms with Gasteiger partial charge in [-0.15, -0.1) is 0 Å². The zero-order valence-corrected chi connectivity index (χ0v) is 10.6. The summed E-state index contributed by atoms with van der Waals surface area (Å²) in [4.78, 5) is 11.0. The Labute approximate surface area is 108 Å². The van der Waals surface area contributed by atoms with Gasteiger partial charge in [0.2, 0.25) is 0 Å². The molecule has 0 radical (unpaired) electrons. The van der Waals surface area contributed by atoms with Crippen LogP contribution in [0.1, 0.15) is 19.8 Å². The highest BCUT2D eigenvalue weighted by molar-refractivity contribution is 5.66. The van der Waals surface area contributed by atoms with E-state index in [4.69, 9.17) is 4.74 Å². The molecule has 2 nitrogen and oxygen atoms in total. The lowest BCUT2D eigenvalue weighted by atomic mass is 9.83. The van der Waals surface area contributed by atoms with Crippen molar-refractivity contribution in [1.82, 2.24) is 0 Å². The third-order valence-electron chi connectivity index (χ3n) is 4.16. The van der Waals surface area contributed by atoms with Crippen molar-refractivity contribution in [2.24, 2.45) is 17.8 Å². The molecule has 0 saturated heterocycles. The van der Waals surface area contributed by atoms with Gasteiger partial charge in [-0.2, -0.15) is 0 Å². The van der Waals surface area contributed by atoms with Gasteiger partial charge in [-0.05, 0) is 24.3 Å². The number of hydrogen-bond donors (Lipinski definition) is 0. The third kappa shape index (κ3) is 1.86. The molecule has 2 heteroatoms. The van der Waals surface area contributed by atoms with Crippen molar-refractivity contribution in [1.29, 1.82) is 0 Å². The quantitative estimate of drug-likeness (QED) is 0.695. The van der Waals surface area contributed by atoms with Gasteiger partial charge in [-0.1, -0.05) is 42.0 Å². The molecule has 3 aliphatic rings. The fourth-order valence-electron chi connectivity index (χ4n) is 3.40. The maximum Gasteiger partial charge on any atom is 0.302 e. The smallest absolute Gasteiger partial charge is 0.302 e. The van der Waals surface area contributed by atoms with Crippen LogP contribution in [0.5, 0.6) is 0 Å². The predicted molar refractivity (Wildman–Crippen MR) is 70.8 cm³/mol. The second kappa shape index (κ2) is 4.60. The van der Waals surface area contributed by atoms with Crippen molar-refractivity contribution in [3.63, 3.8) is 0 Å². The molecule has 0 fully saturated rings. The standard InChI is InChI=1S/C16H18O2/c1-11(17)18-10-16-14-8-4-2-6-12(14)13-7-3-5-9-15(13)16/h2-4,6-8,12,14,16H,5,9-10H2,1H3/t12?,14-,16?/m0/s1. The number of ether oxygens (including phenoxy) is 1. The minimum Gasteiger partial charge on any atom is -0.465 e. The van der Waals surface area contributed by atoms with Crippen molar-refractivity contribution in [2.45, 2.75) is 19.8 Å². The summed E-state index contributed by atoms with van der Waals surface area (Å²) in [6.07, 6.45) is 15.6. The first kappa shape index (κ1) is 11.5.